The molecule has 0 bridgehead atoms. The predicted molar refractivity (Wildman–Crippen MR) is 124 cm³/mol. The molecule has 2 aromatic heterocycles. The van der Waals surface area contributed by atoms with Crippen molar-refractivity contribution in [1.82, 2.24) is 19.3 Å². The Kier molecular flexibility index (Phi) is 5.56. The van der Waals surface area contributed by atoms with Gasteiger partial charge in [-0.3, -0.25) is 9.48 Å². The zero-order chi connectivity index (χ0) is 22.8. The lowest BCUT2D eigenvalue weighted by Gasteiger charge is -2.27. The summed E-state index contributed by atoms with van der Waals surface area (Å²) in [5.41, 5.74) is 3.74. The summed E-state index contributed by atoms with van der Waals surface area (Å²) in [6, 6.07) is 15.8. The topological polar surface area (TPSA) is 83.2 Å². The maximum absolute atomic E-state index is 12.7. The Morgan fingerprint density at radius 1 is 1.15 bits per heavy atom. The molecule has 0 aliphatic carbocycles. The number of hydrogen-bond donors (Lipinski definition) is 1. The number of carbonyl (C=O) groups is 1. The first kappa shape index (κ1) is 20.8. The van der Waals surface area contributed by atoms with Crippen LogP contribution >= 0.6 is 0 Å². The lowest BCUT2D eigenvalue weighted by Crippen LogP contribution is -2.25. The van der Waals surface area contributed by atoms with Gasteiger partial charge in [-0.15, -0.1) is 0 Å². The Morgan fingerprint density at radius 3 is 2.76 bits per heavy atom. The SMILES string of the molecule is COc1cccc(C2CC(=O)Nc3c2c(-c2ccccc2)nn3C)c1OCCn1ccnc1. The lowest BCUT2D eigenvalue weighted by atomic mass is 9.83. The zero-order valence-electron chi connectivity index (χ0n) is 18.6. The number of imidazole rings is 1. The number of carbonyl (C=O) groups excluding carboxylic acids is 1. The number of rotatable bonds is 7. The van der Waals surface area contributed by atoms with Crippen LogP contribution in [0.1, 0.15) is 23.5 Å². The monoisotopic (exact) mass is 443 g/mol. The van der Waals surface area contributed by atoms with Crippen LogP contribution in [0.5, 0.6) is 11.5 Å². The molecule has 168 valence electrons. The Labute approximate surface area is 191 Å². The van der Waals surface area contributed by atoms with E-state index in [-0.39, 0.29) is 11.8 Å². The van der Waals surface area contributed by atoms with Gasteiger partial charge in [-0.2, -0.15) is 5.10 Å². The Balaban J connectivity index is 1.58. The molecule has 0 spiro atoms. The molecule has 1 unspecified atom stereocenters. The molecule has 0 fully saturated rings. The van der Waals surface area contributed by atoms with Crippen molar-refractivity contribution in [3.05, 3.63) is 78.4 Å². The second-order valence-corrected chi connectivity index (χ2v) is 7.93. The number of hydrogen-bond acceptors (Lipinski definition) is 5. The minimum absolute atomic E-state index is 0.0534. The summed E-state index contributed by atoms with van der Waals surface area (Å²) in [6.07, 6.45) is 5.69. The number of aromatic nitrogens is 4. The van der Waals surface area contributed by atoms with Gasteiger partial charge in [0.1, 0.15) is 12.4 Å². The first-order valence-corrected chi connectivity index (χ1v) is 10.8. The van der Waals surface area contributed by atoms with Crippen LogP contribution in [-0.4, -0.2) is 39.0 Å². The molecule has 0 saturated heterocycles. The summed E-state index contributed by atoms with van der Waals surface area (Å²) in [7, 11) is 3.47. The summed E-state index contributed by atoms with van der Waals surface area (Å²) in [5.74, 6) is 1.71. The molecule has 0 saturated carbocycles. The molecule has 1 amide bonds. The van der Waals surface area contributed by atoms with Crippen molar-refractivity contribution in [3.63, 3.8) is 0 Å². The summed E-state index contributed by atoms with van der Waals surface area (Å²) < 4.78 is 15.6. The van der Waals surface area contributed by atoms with Gasteiger partial charge in [0, 0.05) is 48.5 Å². The van der Waals surface area contributed by atoms with Crippen LogP contribution in [0.3, 0.4) is 0 Å². The molecule has 3 heterocycles. The molecular formula is C25H25N5O3. The van der Waals surface area contributed by atoms with E-state index >= 15 is 0 Å². The van der Waals surface area contributed by atoms with E-state index in [2.05, 4.69) is 10.3 Å². The number of ether oxygens (including phenoxy) is 2. The van der Waals surface area contributed by atoms with Crippen molar-refractivity contribution in [2.75, 3.05) is 19.0 Å². The smallest absolute Gasteiger partial charge is 0.226 e. The molecule has 5 rings (SSSR count). The first-order chi connectivity index (χ1) is 16.2. The van der Waals surface area contributed by atoms with Crippen LogP contribution in [0.15, 0.2) is 67.3 Å². The molecule has 8 heteroatoms. The van der Waals surface area contributed by atoms with E-state index < -0.39 is 0 Å². The van der Waals surface area contributed by atoms with Gasteiger partial charge in [0.05, 0.1) is 25.7 Å². The molecule has 1 atom stereocenters. The fourth-order valence-corrected chi connectivity index (χ4v) is 4.36. The number of anilines is 1. The summed E-state index contributed by atoms with van der Waals surface area (Å²) in [5, 5.41) is 7.77. The highest BCUT2D eigenvalue weighted by atomic mass is 16.5. The van der Waals surface area contributed by atoms with E-state index in [4.69, 9.17) is 14.6 Å². The molecule has 1 aliphatic heterocycles. The molecule has 2 aromatic carbocycles. The Hall–Kier alpha value is -4.07. The van der Waals surface area contributed by atoms with Crippen LogP contribution < -0.4 is 14.8 Å². The predicted octanol–water partition coefficient (Wildman–Crippen LogP) is 3.85. The maximum Gasteiger partial charge on any atom is 0.226 e. The van der Waals surface area contributed by atoms with Crippen LogP contribution in [0.4, 0.5) is 5.82 Å². The van der Waals surface area contributed by atoms with Gasteiger partial charge in [-0.1, -0.05) is 42.5 Å². The lowest BCUT2D eigenvalue weighted by molar-refractivity contribution is -0.116. The number of nitrogens with zero attached hydrogens (tertiary/aromatic N) is 4. The number of para-hydroxylation sites is 1. The van der Waals surface area contributed by atoms with Gasteiger partial charge in [-0.05, 0) is 6.07 Å². The van der Waals surface area contributed by atoms with E-state index in [0.29, 0.717) is 36.9 Å². The van der Waals surface area contributed by atoms with Crippen LogP contribution in [0, 0.1) is 0 Å². The molecule has 1 N–H and O–H groups in total. The zero-order valence-corrected chi connectivity index (χ0v) is 18.6. The molecule has 33 heavy (non-hydrogen) atoms. The number of benzene rings is 2. The first-order valence-electron chi connectivity index (χ1n) is 10.8. The number of nitrogens with one attached hydrogen (secondary N) is 1. The average molecular weight is 444 g/mol. The average Bonchev–Trinajstić information content (AvgIpc) is 3.47. The quantitative estimate of drug-likeness (QED) is 0.469. The number of methoxy groups -OCH3 is 1. The van der Waals surface area contributed by atoms with Gasteiger partial charge in [0.15, 0.2) is 11.5 Å². The fraction of sp³-hybridized carbons (Fsp3) is 0.240. The van der Waals surface area contributed by atoms with Gasteiger partial charge < -0.3 is 19.4 Å². The molecule has 4 aromatic rings. The standard InChI is InChI=1S/C25H25N5O3/c1-29-25-22(23(28-29)17-7-4-3-5-8-17)19(15-21(31)27-25)18-9-6-10-20(32-2)24(18)33-14-13-30-12-11-26-16-30/h3-12,16,19H,13-15H2,1-2H3,(H,27,31). The minimum Gasteiger partial charge on any atom is -0.493 e. The highest BCUT2D eigenvalue weighted by Crippen LogP contribution is 2.47. The minimum atomic E-state index is -0.226. The number of amides is 1. The molecular weight excluding hydrogens is 418 g/mol. The van der Waals surface area contributed by atoms with Crippen molar-refractivity contribution in [2.45, 2.75) is 18.9 Å². The number of aryl methyl sites for hydroxylation is 1. The Bertz CT molecular complexity index is 1260. The second kappa shape index (κ2) is 8.82. The largest absolute Gasteiger partial charge is 0.493 e. The Morgan fingerprint density at radius 2 is 2.00 bits per heavy atom. The summed E-state index contributed by atoms with van der Waals surface area (Å²) in [6.45, 7) is 1.09. The molecule has 1 aliphatic rings. The summed E-state index contributed by atoms with van der Waals surface area (Å²) in [4.78, 5) is 16.8. The third-order valence-electron chi connectivity index (χ3n) is 5.89. The van der Waals surface area contributed by atoms with Gasteiger partial charge in [-0.25, -0.2) is 4.98 Å². The van der Waals surface area contributed by atoms with Crippen LogP contribution in [-0.2, 0) is 18.4 Å². The van der Waals surface area contributed by atoms with Crippen molar-refractivity contribution < 1.29 is 14.3 Å². The highest BCUT2D eigenvalue weighted by molar-refractivity contribution is 5.96. The third-order valence-corrected chi connectivity index (χ3v) is 5.89. The van der Waals surface area contributed by atoms with Gasteiger partial charge in [0.2, 0.25) is 5.91 Å². The van der Waals surface area contributed by atoms with E-state index in [1.165, 1.54) is 0 Å². The van der Waals surface area contributed by atoms with Crippen LogP contribution in [0.2, 0.25) is 0 Å². The maximum atomic E-state index is 12.7. The van der Waals surface area contributed by atoms with Crippen molar-refractivity contribution in [2.24, 2.45) is 7.05 Å². The number of fused-ring (bicyclic) bond motifs is 1. The molecule has 0 radical (unpaired) electrons. The summed E-state index contributed by atoms with van der Waals surface area (Å²) >= 11 is 0. The van der Waals surface area contributed by atoms with Crippen molar-refractivity contribution in [1.29, 1.82) is 0 Å². The normalized spacial score (nSPS) is 15.1. The van der Waals surface area contributed by atoms with Crippen molar-refractivity contribution in [3.8, 4) is 22.8 Å². The van der Waals surface area contributed by atoms with Crippen molar-refractivity contribution >= 4 is 11.7 Å². The highest BCUT2D eigenvalue weighted by Gasteiger charge is 2.35. The third kappa shape index (κ3) is 3.95. The van der Waals surface area contributed by atoms with E-state index in [9.17, 15) is 4.79 Å². The fourth-order valence-electron chi connectivity index (χ4n) is 4.36. The van der Waals surface area contributed by atoms with E-state index in [1.807, 2.05) is 66.3 Å². The van der Waals surface area contributed by atoms with E-state index in [0.717, 1.165) is 22.4 Å². The van der Waals surface area contributed by atoms with Crippen LogP contribution in [0.25, 0.3) is 11.3 Å². The second-order valence-electron chi connectivity index (χ2n) is 7.93. The molecule has 8 nitrogen and oxygen atoms in total. The van der Waals surface area contributed by atoms with E-state index in [1.54, 1.807) is 24.3 Å². The van der Waals surface area contributed by atoms with Gasteiger partial charge >= 0.3 is 0 Å². The van der Waals surface area contributed by atoms with Gasteiger partial charge in [0.25, 0.3) is 0 Å².